The zero-order valence-corrected chi connectivity index (χ0v) is 24.9. The summed E-state index contributed by atoms with van der Waals surface area (Å²) in [6, 6.07) is 7.76. The van der Waals surface area contributed by atoms with Gasteiger partial charge in [0, 0.05) is 36.9 Å². The minimum Gasteiger partial charge on any atom is -0.458 e. The average molecular weight is 583 g/mol. The summed E-state index contributed by atoms with van der Waals surface area (Å²) in [6.07, 6.45) is 0.682. The van der Waals surface area contributed by atoms with Crippen molar-refractivity contribution in [2.75, 3.05) is 44.8 Å². The molecule has 0 radical (unpaired) electrons. The predicted molar refractivity (Wildman–Crippen MR) is 153 cm³/mol. The van der Waals surface area contributed by atoms with Gasteiger partial charge in [-0.2, -0.15) is 5.26 Å². The molecule has 4 fully saturated rings. The van der Waals surface area contributed by atoms with Crippen LogP contribution in [0.5, 0.6) is 0 Å². The van der Waals surface area contributed by atoms with E-state index in [1.165, 1.54) is 0 Å². The van der Waals surface area contributed by atoms with Crippen molar-refractivity contribution in [2.24, 2.45) is 5.92 Å². The van der Waals surface area contributed by atoms with Gasteiger partial charge in [-0.3, -0.25) is 9.59 Å². The number of ether oxygens (including phenoxy) is 3. The molecule has 42 heavy (non-hydrogen) atoms. The third-order valence-electron chi connectivity index (χ3n) is 8.52. The number of hydrogen-bond donors (Lipinski definition) is 3. The maximum Gasteiger partial charge on any atom is 0.335 e. The molecule has 3 N–H and O–H groups in total. The molecule has 5 rings (SSSR count). The number of piperidine rings is 1. The van der Waals surface area contributed by atoms with Crippen LogP contribution in [0.4, 0.5) is 5.69 Å². The van der Waals surface area contributed by atoms with Crippen molar-refractivity contribution in [3.8, 4) is 6.07 Å². The van der Waals surface area contributed by atoms with Crippen LogP contribution < -0.4 is 16.1 Å². The number of hydrazine groups is 1. The highest BCUT2D eigenvalue weighted by molar-refractivity contribution is 5.96. The Kier molecular flexibility index (Phi) is 8.76. The van der Waals surface area contributed by atoms with E-state index in [0.29, 0.717) is 57.7 Å². The number of anilines is 1. The molecule has 12 heteroatoms. The van der Waals surface area contributed by atoms with Gasteiger partial charge in [0.05, 0.1) is 43.8 Å². The fraction of sp³-hybridized carbons (Fsp3) is 0.667. The van der Waals surface area contributed by atoms with Crippen LogP contribution in [0.15, 0.2) is 18.2 Å². The molecular formula is C30H42N6O6. The molecule has 12 nitrogen and oxygen atoms in total. The third kappa shape index (κ3) is 6.24. The summed E-state index contributed by atoms with van der Waals surface area (Å²) in [5.41, 5.74) is 4.45. The SMILES string of the molecule is Cc1cc(NC2NN([C@]3(CC#N)CC[C@@H](C(=O)OC(C)(C)C)OC3)C3CCNC(=O)C23)ccc1C(=O)N1CCOCC1. The first-order valence-electron chi connectivity index (χ1n) is 14.8. The molecule has 228 valence electrons. The van der Waals surface area contributed by atoms with E-state index >= 15 is 0 Å². The molecule has 0 aliphatic carbocycles. The third-order valence-corrected chi connectivity index (χ3v) is 8.52. The number of hydrogen-bond acceptors (Lipinski definition) is 10. The van der Waals surface area contributed by atoms with Crippen LogP contribution in [-0.4, -0.2) is 96.6 Å². The fourth-order valence-corrected chi connectivity index (χ4v) is 6.45. The van der Waals surface area contributed by atoms with E-state index in [9.17, 15) is 19.6 Å². The number of aryl methyl sites for hydroxylation is 1. The molecule has 4 aliphatic rings. The Hall–Kier alpha value is -3.24. The lowest BCUT2D eigenvalue weighted by molar-refractivity contribution is -0.180. The number of fused-ring (bicyclic) bond motifs is 1. The molecule has 1 aromatic rings. The van der Waals surface area contributed by atoms with E-state index in [-0.39, 0.29) is 30.9 Å². The second-order valence-electron chi connectivity index (χ2n) is 12.7. The molecule has 4 aliphatic heterocycles. The molecule has 5 atom stereocenters. The van der Waals surface area contributed by atoms with Gasteiger partial charge >= 0.3 is 5.97 Å². The van der Waals surface area contributed by atoms with E-state index in [1.807, 2.05) is 50.9 Å². The summed E-state index contributed by atoms with van der Waals surface area (Å²) < 4.78 is 17.0. The van der Waals surface area contributed by atoms with Crippen LogP contribution in [-0.2, 0) is 23.8 Å². The second kappa shape index (κ2) is 12.2. The summed E-state index contributed by atoms with van der Waals surface area (Å²) in [4.78, 5) is 40.7. The topological polar surface area (TPSA) is 145 Å². The first-order valence-corrected chi connectivity index (χ1v) is 14.8. The van der Waals surface area contributed by atoms with Crippen LogP contribution in [0.2, 0.25) is 0 Å². The zero-order valence-electron chi connectivity index (χ0n) is 24.9. The van der Waals surface area contributed by atoms with E-state index in [1.54, 1.807) is 4.90 Å². The van der Waals surface area contributed by atoms with Gasteiger partial charge in [-0.15, -0.1) is 0 Å². The van der Waals surface area contributed by atoms with Crippen molar-refractivity contribution in [1.29, 1.82) is 5.26 Å². The number of amides is 2. The van der Waals surface area contributed by atoms with E-state index < -0.39 is 35.3 Å². The lowest BCUT2D eigenvalue weighted by Crippen LogP contribution is -2.63. The number of benzene rings is 1. The minimum absolute atomic E-state index is 0.0142. The zero-order chi connectivity index (χ0) is 30.1. The van der Waals surface area contributed by atoms with E-state index in [4.69, 9.17) is 14.2 Å². The van der Waals surface area contributed by atoms with Crippen molar-refractivity contribution >= 4 is 23.5 Å². The maximum absolute atomic E-state index is 13.2. The summed E-state index contributed by atoms with van der Waals surface area (Å²) in [7, 11) is 0. The molecule has 0 spiro atoms. The van der Waals surface area contributed by atoms with Gasteiger partial charge in [0.1, 0.15) is 11.8 Å². The van der Waals surface area contributed by atoms with Crippen molar-refractivity contribution in [3.63, 3.8) is 0 Å². The number of nitrogens with zero attached hydrogens (tertiary/aromatic N) is 3. The molecule has 3 unspecified atom stereocenters. The van der Waals surface area contributed by atoms with Crippen LogP contribution in [0.1, 0.15) is 62.4 Å². The smallest absolute Gasteiger partial charge is 0.335 e. The van der Waals surface area contributed by atoms with Gasteiger partial charge in [-0.1, -0.05) is 0 Å². The number of nitrogens with one attached hydrogen (secondary N) is 3. The average Bonchev–Trinajstić information content (AvgIpc) is 3.33. The second-order valence-corrected chi connectivity index (χ2v) is 12.7. The fourth-order valence-electron chi connectivity index (χ4n) is 6.45. The normalized spacial score (nSPS) is 30.2. The van der Waals surface area contributed by atoms with Gasteiger partial charge in [0.2, 0.25) is 5.91 Å². The number of esters is 1. The van der Waals surface area contributed by atoms with E-state index in [0.717, 1.165) is 11.3 Å². The Balaban J connectivity index is 1.33. The summed E-state index contributed by atoms with van der Waals surface area (Å²) >= 11 is 0. The molecule has 0 saturated carbocycles. The van der Waals surface area contributed by atoms with Crippen LogP contribution in [0.3, 0.4) is 0 Å². The highest BCUT2D eigenvalue weighted by Gasteiger charge is 2.56. The largest absolute Gasteiger partial charge is 0.458 e. The highest BCUT2D eigenvalue weighted by Crippen LogP contribution is 2.40. The molecular weight excluding hydrogens is 540 g/mol. The number of carbonyl (C=O) groups excluding carboxylic acids is 3. The van der Waals surface area contributed by atoms with Crippen molar-refractivity contribution in [2.45, 2.75) is 82.8 Å². The minimum atomic E-state index is -0.714. The number of rotatable bonds is 6. The number of morpholine rings is 1. The number of nitriles is 1. The molecule has 4 saturated heterocycles. The summed E-state index contributed by atoms with van der Waals surface area (Å²) in [5, 5.41) is 18.4. The Morgan fingerprint density at radius 2 is 2.00 bits per heavy atom. The first kappa shape index (κ1) is 30.2. The Morgan fingerprint density at radius 3 is 2.64 bits per heavy atom. The van der Waals surface area contributed by atoms with Crippen LogP contribution in [0, 0.1) is 24.2 Å². The monoisotopic (exact) mass is 582 g/mol. The molecule has 1 aromatic carbocycles. The molecule has 0 aromatic heterocycles. The van der Waals surface area contributed by atoms with Gasteiger partial charge in [-0.25, -0.2) is 15.2 Å². The van der Waals surface area contributed by atoms with Crippen LogP contribution >= 0.6 is 0 Å². The van der Waals surface area contributed by atoms with Gasteiger partial charge in [0.15, 0.2) is 6.10 Å². The Labute approximate surface area is 247 Å². The molecule has 0 bridgehead atoms. The van der Waals surface area contributed by atoms with Crippen LogP contribution in [0.25, 0.3) is 0 Å². The van der Waals surface area contributed by atoms with Gasteiger partial charge < -0.3 is 29.7 Å². The summed E-state index contributed by atoms with van der Waals surface area (Å²) in [5.74, 6) is -0.902. The van der Waals surface area contributed by atoms with Gasteiger partial charge in [-0.05, 0) is 70.7 Å². The van der Waals surface area contributed by atoms with Crippen molar-refractivity contribution in [1.82, 2.24) is 20.7 Å². The lowest BCUT2D eigenvalue weighted by Gasteiger charge is -2.47. The predicted octanol–water partition coefficient (Wildman–Crippen LogP) is 1.70. The first-order chi connectivity index (χ1) is 20.0. The standard InChI is InChI=1S/C30H42N6O6/c1-19-17-20(5-6-21(19)27(38)35-13-15-40-16-14-35)33-25-24-22(8-12-32-26(24)37)36(34-25)30(10-11-31)9-7-23(41-18-30)28(39)42-29(2,3)4/h5-6,17,22-25,33-34H,7-10,12-16,18H2,1-4H3,(H,32,37)/t22?,23-,24?,25?,30-/m0/s1. The number of carbonyl (C=O) groups is 3. The summed E-state index contributed by atoms with van der Waals surface area (Å²) in [6.45, 7) is 10.3. The Bertz CT molecular complexity index is 1230. The highest BCUT2D eigenvalue weighted by atomic mass is 16.6. The van der Waals surface area contributed by atoms with E-state index in [2.05, 4.69) is 22.1 Å². The maximum atomic E-state index is 13.2. The van der Waals surface area contributed by atoms with Gasteiger partial charge in [0.25, 0.3) is 5.91 Å². The Morgan fingerprint density at radius 1 is 1.24 bits per heavy atom. The van der Waals surface area contributed by atoms with Crippen molar-refractivity contribution < 1.29 is 28.6 Å². The molecule has 4 heterocycles. The molecule has 2 amide bonds. The lowest BCUT2D eigenvalue weighted by atomic mass is 9.83. The quantitative estimate of drug-likeness (QED) is 0.424. The van der Waals surface area contributed by atoms with Crippen molar-refractivity contribution in [3.05, 3.63) is 29.3 Å².